The molecule has 226 valence electrons. The molecule has 3 fully saturated rings. The van der Waals surface area contributed by atoms with Gasteiger partial charge in [0, 0.05) is 18.2 Å². The number of nitrogens with two attached hydrogens (primary N) is 1. The number of rotatable bonds is 14. The smallest absolute Gasteiger partial charge is 0.374 e. The first-order valence-electron chi connectivity index (χ1n) is 14.1. The number of nitrogens with one attached hydrogen (secondary N) is 2. The molecule has 3 aliphatic rings. The van der Waals surface area contributed by atoms with Gasteiger partial charge < -0.3 is 16.0 Å². The van der Waals surface area contributed by atoms with Crippen molar-refractivity contribution in [1.29, 1.82) is 0 Å². The van der Waals surface area contributed by atoms with Crippen LogP contribution in [0.4, 0.5) is 18.9 Å². The normalized spacial score (nSPS) is 23.4. The molecular formula is C28H37F3N4O5S. The molecule has 0 spiro atoms. The second-order valence-corrected chi connectivity index (χ2v) is 13.1. The number of hydrogen-bond donors (Lipinski definition) is 3. The molecule has 0 unspecified atom stereocenters. The molecule has 1 aliphatic heterocycles. The standard InChI is InChI=1S/C28H37F3N4O5S/c29-28(30,31)19-9-6-10-20(17-19)33-23(27(38)35-15-7-12-24(35)25(32)36)11-5-3-1-2-4-8-18-16-22(18)26(37)34-41(39,40)21-13-14-21/h4,6,8-10,17-18,21-24,33H,1-3,5,7,11-16H2,(H2,32,36)(H,34,37)/b8-4-/t18-,22+,23+,24+/m1/s1. The van der Waals surface area contributed by atoms with Gasteiger partial charge >= 0.3 is 6.18 Å². The highest BCUT2D eigenvalue weighted by atomic mass is 32.2. The molecule has 41 heavy (non-hydrogen) atoms. The summed E-state index contributed by atoms with van der Waals surface area (Å²) in [7, 11) is -3.53. The molecule has 9 nitrogen and oxygen atoms in total. The van der Waals surface area contributed by atoms with Gasteiger partial charge in [0.1, 0.15) is 12.1 Å². The Bertz CT molecular complexity index is 1270. The molecule has 4 N–H and O–H groups in total. The second kappa shape index (κ2) is 12.8. The number of allylic oxidation sites excluding steroid dienone is 2. The number of carbonyl (C=O) groups is 3. The Hall–Kier alpha value is -3.09. The Morgan fingerprint density at radius 1 is 1.12 bits per heavy atom. The number of hydrogen-bond acceptors (Lipinski definition) is 6. The molecule has 13 heteroatoms. The van der Waals surface area contributed by atoms with Crippen molar-refractivity contribution in [2.24, 2.45) is 17.6 Å². The van der Waals surface area contributed by atoms with Crippen molar-refractivity contribution < 1.29 is 36.0 Å². The van der Waals surface area contributed by atoms with Crippen LogP contribution in [0, 0.1) is 11.8 Å². The van der Waals surface area contributed by atoms with Gasteiger partial charge in [0.05, 0.1) is 10.8 Å². The van der Waals surface area contributed by atoms with E-state index in [4.69, 9.17) is 5.73 Å². The fourth-order valence-corrected chi connectivity index (χ4v) is 6.59. The second-order valence-electron chi connectivity index (χ2n) is 11.2. The number of likely N-dealkylation sites (tertiary alicyclic amines) is 1. The first-order valence-corrected chi connectivity index (χ1v) is 15.7. The molecule has 1 heterocycles. The topological polar surface area (TPSA) is 139 Å². The predicted octanol–water partition coefficient (Wildman–Crippen LogP) is 3.71. The van der Waals surface area contributed by atoms with E-state index in [1.807, 2.05) is 12.2 Å². The molecule has 0 bridgehead atoms. The predicted molar refractivity (Wildman–Crippen MR) is 147 cm³/mol. The van der Waals surface area contributed by atoms with Crippen LogP contribution in [-0.2, 0) is 30.6 Å². The zero-order valence-electron chi connectivity index (χ0n) is 22.7. The van der Waals surface area contributed by atoms with E-state index in [0.29, 0.717) is 51.5 Å². The van der Waals surface area contributed by atoms with Gasteiger partial charge in [-0.1, -0.05) is 31.1 Å². The van der Waals surface area contributed by atoms with Crippen molar-refractivity contribution >= 4 is 33.4 Å². The number of unbranched alkanes of at least 4 members (excludes halogenated alkanes) is 3. The van der Waals surface area contributed by atoms with Crippen molar-refractivity contribution in [1.82, 2.24) is 9.62 Å². The monoisotopic (exact) mass is 598 g/mol. The maximum Gasteiger partial charge on any atom is 0.416 e. The van der Waals surface area contributed by atoms with Crippen LogP contribution in [0.15, 0.2) is 36.4 Å². The third kappa shape index (κ3) is 8.46. The SMILES string of the molecule is NC(=O)[C@@H]1CCCN1C(=O)[C@H](CCCCC/C=C\[C@@H]1C[C@@H]1C(=O)NS(=O)(=O)C1CC1)Nc1cccc(C(F)(F)F)c1. The minimum absolute atomic E-state index is 0.0294. The van der Waals surface area contributed by atoms with E-state index in [1.165, 1.54) is 17.0 Å². The number of carbonyl (C=O) groups excluding carboxylic acids is 3. The number of anilines is 1. The summed E-state index contributed by atoms with van der Waals surface area (Å²) in [5, 5.41) is 2.52. The van der Waals surface area contributed by atoms with Crippen molar-refractivity contribution in [3.63, 3.8) is 0 Å². The molecule has 2 saturated carbocycles. The van der Waals surface area contributed by atoms with Gasteiger partial charge in [-0.25, -0.2) is 8.42 Å². The number of nitrogens with zero attached hydrogens (tertiary/aromatic N) is 1. The van der Waals surface area contributed by atoms with Crippen LogP contribution in [0.3, 0.4) is 0 Å². The van der Waals surface area contributed by atoms with Gasteiger partial charge in [0.2, 0.25) is 27.7 Å². The molecule has 1 saturated heterocycles. The third-order valence-corrected chi connectivity index (χ3v) is 9.66. The Morgan fingerprint density at radius 2 is 1.88 bits per heavy atom. The number of amides is 3. The van der Waals surface area contributed by atoms with E-state index in [-0.39, 0.29) is 23.4 Å². The largest absolute Gasteiger partial charge is 0.416 e. The molecule has 1 aromatic carbocycles. The summed E-state index contributed by atoms with van der Waals surface area (Å²) < 4.78 is 65.7. The van der Waals surface area contributed by atoms with Crippen LogP contribution in [0.1, 0.15) is 69.8 Å². The lowest BCUT2D eigenvalue weighted by Gasteiger charge is -2.28. The number of benzene rings is 1. The molecule has 3 amide bonds. The van der Waals surface area contributed by atoms with Gasteiger partial charge in [0.25, 0.3) is 0 Å². The zero-order valence-corrected chi connectivity index (χ0v) is 23.6. The highest BCUT2D eigenvalue weighted by Gasteiger charge is 2.45. The maximum atomic E-state index is 13.4. The van der Waals surface area contributed by atoms with Gasteiger partial charge in [0.15, 0.2) is 0 Å². The van der Waals surface area contributed by atoms with Crippen molar-refractivity contribution in [3.05, 3.63) is 42.0 Å². The molecular weight excluding hydrogens is 561 g/mol. The highest BCUT2D eigenvalue weighted by molar-refractivity contribution is 7.90. The average Bonchev–Trinajstić information content (AvgIpc) is 3.83. The molecule has 4 atom stereocenters. The van der Waals surface area contributed by atoms with Crippen LogP contribution in [0.25, 0.3) is 0 Å². The van der Waals surface area contributed by atoms with E-state index in [0.717, 1.165) is 31.4 Å². The molecule has 2 aliphatic carbocycles. The summed E-state index contributed by atoms with van der Waals surface area (Å²) in [5.74, 6) is -1.68. The Labute approximate surface area is 238 Å². The Balaban J connectivity index is 1.25. The quantitative estimate of drug-likeness (QED) is 0.221. The molecule has 4 rings (SSSR count). The van der Waals surface area contributed by atoms with E-state index < -0.39 is 50.9 Å². The zero-order chi connectivity index (χ0) is 29.8. The molecule has 1 aromatic rings. The Kier molecular flexibility index (Phi) is 9.66. The van der Waals surface area contributed by atoms with E-state index in [2.05, 4.69) is 10.0 Å². The summed E-state index contributed by atoms with van der Waals surface area (Å²) in [6, 6.07) is 3.15. The van der Waals surface area contributed by atoms with Crippen LogP contribution in [-0.4, -0.2) is 54.9 Å². The van der Waals surface area contributed by atoms with E-state index >= 15 is 0 Å². The fourth-order valence-electron chi connectivity index (χ4n) is 5.24. The fraction of sp³-hybridized carbons (Fsp3) is 0.607. The van der Waals surface area contributed by atoms with E-state index in [1.54, 1.807) is 0 Å². The lowest BCUT2D eigenvalue weighted by atomic mass is 10.0. The summed E-state index contributed by atoms with van der Waals surface area (Å²) in [5.41, 5.74) is 4.82. The van der Waals surface area contributed by atoms with Crippen LogP contribution < -0.4 is 15.8 Å². The Morgan fingerprint density at radius 3 is 2.56 bits per heavy atom. The van der Waals surface area contributed by atoms with Gasteiger partial charge in [-0.05, 0) is 75.5 Å². The van der Waals surface area contributed by atoms with Crippen molar-refractivity contribution in [2.45, 2.75) is 87.7 Å². The van der Waals surface area contributed by atoms with Crippen molar-refractivity contribution in [2.75, 3.05) is 11.9 Å². The first-order chi connectivity index (χ1) is 19.4. The van der Waals surface area contributed by atoms with E-state index in [9.17, 15) is 36.0 Å². The maximum absolute atomic E-state index is 13.4. The number of sulfonamides is 1. The van der Waals surface area contributed by atoms with Gasteiger partial charge in [-0.2, -0.15) is 13.2 Å². The lowest BCUT2D eigenvalue weighted by Crippen LogP contribution is -2.49. The first kappa shape index (κ1) is 30.9. The van der Waals surface area contributed by atoms with Crippen molar-refractivity contribution in [3.8, 4) is 0 Å². The summed E-state index contributed by atoms with van der Waals surface area (Å²) in [4.78, 5) is 38.8. The average molecular weight is 599 g/mol. The van der Waals surface area contributed by atoms with Gasteiger partial charge in [-0.3, -0.25) is 19.1 Å². The summed E-state index contributed by atoms with van der Waals surface area (Å²) in [6.45, 7) is 0.366. The van der Waals surface area contributed by atoms with Gasteiger partial charge in [-0.15, -0.1) is 0 Å². The highest BCUT2D eigenvalue weighted by Crippen LogP contribution is 2.40. The van der Waals surface area contributed by atoms with Crippen LogP contribution in [0.2, 0.25) is 0 Å². The molecule has 0 radical (unpaired) electrons. The third-order valence-electron chi connectivity index (χ3n) is 7.82. The lowest BCUT2D eigenvalue weighted by molar-refractivity contribution is -0.138. The number of halogens is 3. The minimum atomic E-state index is -4.52. The molecule has 0 aromatic heterocycles. The minimum Gasteiger partial charge on any atom is -0.374 e. The van der Waals surface area contributed by atoms with Crippen LogP contribution >= 0.6 is 0 Å². The number of primary amides is 1. The summed E-state index contributed by atoms with van der Waals surface area (Å²) >= 11 is 0. The number of alkyl halides is 3. The summed E-state index contributed by atoms with van der Waals surface area (Å²) in [6.07, 6.45) is 5.57. The van der Waals surface area contributed by atoms with Crippen LogP contribution in [0.5, 0.6) is 0 Å².